The van der Waals surface area contributed by atoms with Gasteiger partial charge in [-0.1, -0.05) is 11.6 Å². The molecular weight excluding hydrogens is 319 g/mol. The Labute approximate surface area is 131 Å². The van der Waals surface area contributed by atoms with Gasteiger partial charge in [-0.3, -0.25) is 4.79 Å². The molecule has 1 aliphatic rings. The second-order valence-electron chi connectivity index (χ2n) is 5.57. The molecule has 22 heavy (non-hydrogen) atoms. The van der Waals surface area contributed by atoms with Gasteiger partial charge in [0.25, 0.3) is 5.91 Å². The van der Waals surface area contributed by atoms with E-state index in [-0.39, 0.29) is 11.6 Å². The average Bonchev–Trinajstić information content (AvgIpc) is 2.84. The van der Waals surface area contributed by atoms with Gasteiger partial charge in [0.15, 0.2) is 0 Å². The Morgan fingerprint density at radius 2 is 2.18 bits per heavy atom. The van der Waals surface area contributed by atoms with Crippen molar-refractivity contribution in [3.63, 3.8) is 0 Å². The van der Waals surface area contributed by atoms with Crippen LogP contribution >= 0.6 is 11.6 Å². The number of likely N-dealkylation sites (tertiary alicyclic amines) is 1. The molecule has 0 bridgehead atoms. The van der Waals surface area contributed by atoms with Crippen molar-refractivity contribution >= 4 is 17.5 Å². The zero-order valence-corrected chi connectivity index (χ0v) is 12.8. The fourth-order valence-electron chi connectivity index (χ4n) is 2.78. The summed E-state index contributed by atoms with van der Waals surface area (Å²) in [6, 6.07) is 3.05. The van der Waals surface area contributed by atoms with E-state index in [0.717, 1.165) is 25.0 Å². The van der Waals surface area contributed by atoms with E-state index < -0.39 is 28.8 Å². The number of benzene rings is 1. The minimum atomic E-state index is -4.60. The molecule has 1 heterocycles. The summed E-state index contributed by atoms with van der Waals surface area (Å²) in [6.45, 7) is 2.12. The highest BCUT2D eigenvalue weighted by Crippen LogP contribution is 2.35. The molecule has 0 spiro atoms. The van der Waals surface area contributed by atoms with Gasteiger partial charge in [0, 0.05) is 18.2 Å². The SMILES string of the molecule is C[C@@H](O)C[C@@H]1CCCN1C(=O)c1ccc(Cl)c(C(F)(F)F)c1. The molecule has 7 heteroatoms. The summed E-state index contributed by atoms with van der Waals surface area (Å²) in [5.41, 5.74) is -1.04. The van der Waals surface area contributed by atoms with Gasteiger partial charge in [0.1, 0.15) is 0 Å². The maximum Gasteiger partial charge on any atom is 0.417 e. The van der Waals surface area contributed by atoms with Crippen molar-refractivity contribution in [2.75, 3.05) is 6.54 Å². The summed E-state index contributed by atoms with van der Waals surface area (Å²) in [5, 5.41) is 9.04. The van der Waals surface area contributed by atoms with Crippen LogP contribution in [0.15, 0.2) is 18.2 Å². The number of nitrogens with zero attached hydrogens (tertiary/aromatic N) is 1. The van der Waals surface area contributed by atoms with Crippen molar-refractivity contribution in [3.8, 4) is 0 Å². The van der Waals surface area contributed by atoms with Crippen molar-refractivity contribution < 1.29 is 23.1 Å². The molecule has 0 aliphatic carbocycles. The molecule has 0 unspecified atom stereocenters. The number of carbonyl (C=O) groups is 1. The quantitative estimate of drug-likeness (QED) is 0.914. The number of alkyl halides is 3. The van der Waals surface area contributed by atoms with Crippen molar-refractivity contribution in [3.05, 3.63) is 34.3 Å². The maximum absolute atomic E-state index is 12.9. The van der Waals surface area contributed by atoms with Crippen LogP contribution in [-0.2, 0) is 6.18 Å². The summed E-state index contributed by atoms with van der Waals surface area (Å²) in [6.07, 6.45) is -3.21. The third-order valence-electron chi connectivity index (χ3n) is 3.77. The van der Waals surface area contributed by atoms with Gasteiger partial charge in [-0.05, 0) is 44.4 Å². The van der Waals surface area contributed by atoms with Crippen LogP contribution in [-0.4, -0.2) is 34.6 Å². The van der Waals surface area contributed by atoms with E-state index in [0.29, 0.717) is 13.0 Å². The molecule has 3 nitrogen and oxygen atoms in total. The maximum atomic E-state index is 12.9. The van der Waals surface area contributed by atoms with Crippen LogP contribution in [0.5, 0.6) is 0 Å². The minimum Gasteiger partial charge on any atom is -0.393 e. The van der Waals surface area contributed by atoms with Crippen LogP contribution in [0.1, 0.15) is 42.1 Å². The molecular formula is C15H17ClF3NO2. The lowest BCUT2D eigenvalue weighted by molar-refractivity contribution is -0.137. The Bertz CT molecular complexity index is 560. The van der Waals surface area contributed by atoms with Gasteiger partial charge in [-0.15, -0.1) is 0 Å². The predicted octanol–water partition coefficient (Wildman–Crippen LogP) is 3.73. The molecule has 122 valence electrons. The van der Waals surface area contributed by atoms with Crippen LogP contribution in [0, 0.1) is 0 Å². The monoisotopic (exact) mass is 335 g/mol. The van der Waals surface area contributed by atoms with E-state index in [1.54, 1.807) is 6.92 Å². The van der Waals surface area contributed by atoms with Gasteiger partial charge in [-0.2, -0.15) is 13.2 Å². The Kier molecular flexibility index (Phi) is 5.02. The van der Waals surface area contributed by atoms with Crippen LogP contribution in [0.25, 0.3) is 0 Å². The van der Waals surface area contributed by atoms with Gasteiger partial charge in [-0.25, -0.2) is 0 Å². The zero-order valence-electron chi connectivity index (χ0n) is 12.0. The second-order valence-corrected chi connectivity index (χ2v) is 5.98. The molecule has 0 radical (unpaired) electrons. The number of carbonyl (C=O) groups excluding carboxylic acids is 1. The molecule has 2 atom stereocenters. The Hall–Kier alpha value is -1.27. The lowest BCUT2D eigenvalue weighted by Gasteiger charge is -2.26. The molecule has 1 fully saturated rings. The normalized spacial score (nSPS) is 20.3. The number of aliphatic hydroxyl groups is 1. The summed E-state index contributed by atoms with van der Waals surface area (Å²) >= 11 is 5.56. The number of amides is 1. The van der Waals surface area contributed by atoms with Gasteiger partial charge in [0.05, 0.1) is 16.7 Å². The molecule has 1 aromatic carbocycles. The summed E-state index contributed by atoms with van der Waals surface area (Å²) in [4.78, 5) is 14.0. The van der Waals surface area contributed by atoms with E-state index in [4.69, 9.17) is 11.6 Å². The molecule has 0 saturated carbocycles. The van der Waals surface area contributed by atoms with Crippen molar-refractivity contribution in [1.82, 2.24) is 4.90 Å². The average molecular weight is 336 g/mol. The number of halogens is 4. The smallest absolute Gasteiger partial charge is 0.393 e. The van der Waals surface area contributed by atoms with E-state index in [1.165, 1.54) is 11.0 Å². The van der Waals surface area contributed by atoms with Crippen LogP contribution in [0.4, 0.5) is 13.2 Å². The lowest BCUT2D eigenvalue weighted by atomic mass is 10.1. The summed E-state index contributed by atoms with van der Waals surface area (Å²) in [7, 11) is 0. The Morgan fingerprint density at radius 3 is 2.77 bits per heavy atom. The van der Waals surface area contributed by atoms with Crippen molar-refractivity contribution in [2.45, 2.75) is 44.5 Å². The first kappa shape index (κ1) is 17.1. The highest BCUT2D eigenvalue weighted by molar-refractivity contribution is 6.31. The third-order valence-corrected chi connectivity index (χ3v) is 4.10. The number of hydrogen-bond acceptors (Lipinski definition) is 2. The van der Waals surface area contributed by atoms with Crippen LogP contribution in [0.2, 0.25) is 5.02 Å². The van der Waals surface area contributed by atoms with E-state index in [2.05, 4.69) is 0 Å². The topological polar surface area (TPSA) is 40.5 Å². The first-order chi connectivity index (χ1) is 10.2. The molecule has 1 saturated heterocycles. The predicted molar refractivity (Wildman–Crippen MR) is 76.8 cm³/mol. The van der Waals surface area contributed by atoms with Gasteiger partial charge in [0.2, 0.25) is 0 Å². The van der Waals surface area contributed by atoms with E-state index >= 15 is 0 Å². The minimum absolute atomic E-state index is 0.0331. The molecule has 1 aliphatic heterocycles. The van der Waals surface area contributed by atoms with Crippen LogP contribution in [0.3, 0.4) is 0 Å². The first-order valence-corrected chi connectivity index (χ1v) is 7.43. The molecule has 0 aromatic heterocycles. The Balaban J connectivity index is 2.26. The van der Waals surface area contributed by atoms with Crippen LogP contribution < -0.4 is 0 Å². The lowest BCUT2D eigenvalue weighted by Crippen LogP contribution is -2.37. The van der Waals surface area contributed by atoms with Crippen molar-refractivity contribution in [1.29, 1.82) is 0 Å². The fourth-order valence-corrected chi connectivity index (χ4v) is 3.01. The highest BCUT2D eigenvalue weighted by atomic mass is 35.5. The number of aliphatic hydroxyl groups excluding tert-OH is 1. The van der Waals surface area contributed by atoms with E-state index in [9.17, 15) is 23.1 Å². The molecule has 1 amide bonds. The molecule has 1 N–H and O–H groups in total. The Morgan fingerprint density at radius 1 is 1.50 bits per heavy atom. The van der Waals surface area contributed by atoms with Crippen molar-refractivity contribution in [2.24, 2.45) is 0 Å². The second kappa shape index (κ2) is 6.46. The largest absolute Gasteiger partial charge is 0.417 e. The number of hydrogen-bond donors (Lipinski definition) is 1. The molecule has 2 rings (SSSR count). The highest BCUT2D eigenvalue weighted by Gasteiger charge is 2.35. The first-order valence-electron chi connectivity index (χ1n) is 7.06. The zero-order chi connectivity index (χ0) is 16.5. The number of rotatable bonds is 3. The van der Waals surface area contributed by atoms with E-state index in [1.807, 2.05) is 0 Å². The standard InChI is InChI=1S/C15H17ClF3NO2/c1-9(21)7-11-3-2-6-20(11)14(22)10-4-5-13(16)12(8-10)15(17,18)19/h4-5,8-9,11,21H,2-3,6-7H2,1H3/t9-,11+/m1/s1. The molecule has 1 aromatic rings. The van der Waals surface area contributed by atoms with Gasteiger partial charge < -0.3 is 10.0 Å². The summed E-state index contributed by atoms with van der Waals surface area (Å²) < 4.78 is 38.6. The third kappa shape index (κ3) is 3.73. The summed E-state index contributed by atoms with van der Waals surface area (Å²) in [5.74, 6) is -0.453. The fraction of sp³-hybridized carbons (Fsp3) is 0.533. The van der Waals surface area contributed by atoms with Gasteiger partial charge >= 0.3 is 6.18 Å².